The third-order valence-corrected chi connectivity index (χ3v) is 4.51. The lowest BCUT2D eigenvalue weighted by molar-refractivity contribution is 0.270. The number of hydrogen-bond acceptors (Lipinski definition) is 4. The summed E-state index contributed by atoms with van der Waals surface area (Å²) in [6.07, 6.45) is 5.53. The minimum absolute atomic E-state index is 0.0544. The Kier molecular flexibility index (Phi) is 3.78. The number of benzene rings is 1. The van der Waals surface area contributed by atoms with Crippen LogP contribution >= 0.6 is 0 Å². The van der Waals surface area contributed by atoms with Gasteiger partial charge in [-0.15, -0.1) is 0 Å². The number of fused-ring (bicyclic) bond motifs is 3. The van der Waals surface area contributed by atoms with E-state index >= 15 is 0 Å². The molecule has 1 aliphatic carbocycles. The molecule has 0 saturated carbocycles. The molecular formula is C19H19N3O2. The molecule has 122 valence electrons. The Balaban J connectivity index is 1.93. The molecule has 3 aromatic rings. The molecule has 2 heterocycles. The van der Waals surface area contributed by atoms with E-state index in [-0.39, 0.29) is 6.61 Å². The fourth-order valence-corrected chi connectivity index (χ4v) is 3.42. The smallest absolute Gasteiger partial charge is 0.119 e. The van der Waals surface area contributed by atoms with Gasteiger partial charge in [-0.1, -0.05) is 6.07 Å². The van der Waals surface area contributed by atoms with Crippen LogP contribution in [0.4, 0.5) is 0 Å². The number of ether oxygens (including phenoxy) is 1. The summed E-state index contributed by atoms with van der Waals surface area (Å²) in [4.78, 5) is 4.24. The highest BCUT2D eigenvalue weighted by atomic mass is 16.5. The van der Waals surface area contributed by atoms with Gasteiger partial charge in [0.25, 0.3) is 0 Å². The molecular weight excluding hydrogens is 302 g/mol. The number of aromatic nitrogens is 3. The molecule has 0 fully saturated rings. The average Bonchev–Trinajstić information content (AvgIpc) is 3.01. The van der Waals surface area contributed by atoms with Crippen LogP contribution in [-0.2, 0) is 19.4 Å². The van der Waals surface area contributed by atoms with Crippen molar-refractivity contribution < 1.29 is 9.84 Å². The highest BCUT2D eigenvalue weighted by Crippen LogP contribution is 2.39. The molecule has 24 heavy (non-hydrogen) atoms. The Morgan fingerprint density at radius 1 is 1.25 bits per heavy atom. The molecule has 0 atom stereocenters. The van der Waals surface area contributed by atoms with E-state index in [0.29, 0.717) is 6.54 Å². The van der Waals surface area contributed by atoms with Crippen molar-refractivity contribution in [3.63, 3.8) is 0 Å². The van der Waals surface area contributed by atoms with E-state index < -0.39 is 0 Å². The summed E-state index contributed by atoms with van der Waals surface area (Å²) < 4.78 is 7.28. The van der Waals surface area contributed by atoms with Gasteiger partial charge < -0.3 is 9.84 Å². The van der Waals surface area contributed by atoms with Crippen molar-refractivity contribution in [2.75, 3.05) is 13.7 Å². The molecule has 0 aliphatic heterocycles. The quantitative estimate of drug-likeness (QED) is 0.802. The molecule has 0 unspecified atom stereocenters. The van der Waals surface area contributed by atoms with E-state index in [9.17, 15) is 5.11 Å². The van der Waals surface area contributed by atoms with Crippen molar-refractivity contribution >= 4 is 0 Å². The lowest BCUT2D eigenvalue weighted by Crippen LogP contribution is -2.06. The number of hydrogen-bond donors (Lipinski definition) is 1. The Hall–Kier alpha value is -2.66. The zero-order valence-electron chi connectivity index (χ0n) is 13.6. The average molecular weight is 321 g/mol. The molecule has 5 nitrogen and oxygen atoms in total. The van der Waals surface area contributed by atoms with Gasteiger partial charge in [-0.25, -0.2) is 0 Å². The molecule has 1 aromatic carbocycles. The fourth-order valence-electron chi connectivity index (χ4n) is 3.42. The Bertz CT molecular complexity index is 872. The second-order valence-corrected chi connectivity index (χ2v) is 5.89. The molecule has 0 radical (unpaired) electrons. The summed E-state index contributed by atoms with van der Waals surface area (Å²) in [5.41, 5.74) is 6.71. The zero-order chi connectivity index (χ0) is 16.5. The number of pyridine rings is 1. The van der Waals surface area contributed by atoms with Crippen LogP contribution in [0.1, 0.15) is 11.1 Å². The van der Waals surface area contributed by atoms with Gasteiger partial charge in [0, 0.05) is 29.1 Å². The molecule has 1 N–H and O–H groups in total. The number of rotatable bonds is 4. The standard InChI is InChI=1S/C19H19N3O2/c1-24-15-6-4-13-5-7-16-18(17(13)11-15)21-22(9-10-23)19(16)14-3-2-8-20-12-14/h2-4,6,8,11-12,23H,5,7,9-10H2,1H3. The third-order valence-electron chi connectivity index (χ3n) is 4.51. The molecule has 5 heteroatoms. The van der Waals surface area contributed by atoms with E-state index in [1.165, 1.54) is 11.1 Å². The Morgan fingerprint density at radius 2 is 2.17 bits per heavy atom. The van der Waals surface area contributed by atoms with Gasteiger partial charge in [0.15, 0.2) is 0 Å². The van der Waals surface area contributed by atoms with Gasteiger partial charge in [0.05, 0.1) is 31.6 Å². The van der Waals surface area contributed by atoms with Crippen molar-refractivity contribution in [1.29, 1.82) is 0 Å². The van der Waals surface area contributed by atoms with Crippen molar-refractivity contribution in [2.24, 2.45) is 0 Å². The van der Waals surface area contributed by atoms with E-state index in [2.05, 4.69) is 17.1 Å². The predicted molar refractivity (Wildman–Crippen MR) is 91.9 cm³/mol. The SMILES string of the molecule is COc1ccc2c(c1)-c1nn(CCO)c(-c3cccnc3)c1CC2. The summed E-state index contributed by atoms with van der Waals surface area (Å²) in [5, 5.41) is 14.2. The Labute approximate surface area is 140 Å². The maximum Gasteiger partial charge on any atom is 0.119 e. The molecule has 4 rings (SSSR count). The van der Waals surface area contributed by atoms with Gasteiger partial charge in [0.1, 0.15) is 5.75 Å². The van der Waals surface area contributed by atoms with Gasteiger partial charge in [-0.3, -0.25) is 9.67 Å². The monoisotopic (exact) mass is 321 g/mol. The van der Waals surface area contributed by atoms with Crippen molar-refractivity contribution in [2.45, 2.75) is 19.4 Å². The van der Waals surface area contributed by atoms with Crippen LogP contribution in [0.2, 0.25) is 0 Å². The zero-order valence-corrected chi connectivity index (χ0v) is 13.6. The van der Waals surface area contributed by atoms with E-state index in [0.717, 1.165) is 41.1 Å². The summed E-state index contributed by atoms with van der Waals surface area (Å²) in [5.74, 6) is 0.834. The highest BCUT2D eigenvalue weighted by Gasteiger charge is 2.25. The number of aliphatic hydroxyl groups is 1. The first-order chi connectivity index (χ1) is 11.8. The molecule has 0 amide bonds. The summed E-state index contributed by atoms with van der Waals surface area (Å²) in [6, 6.07) is 10.1. The first-order valence-corrected chi connectivity index (χ1v) is 8.10. The topological polar surface area (TPSA) is 60.2 Å². The third kappa shape index (κ3) is 2.37. The predicted octanol–water partition coefficient (Wildman–Crippen LogP) is 2.71. The van der Waals surface area contributed by atoms with Crippen molar-refractivity contribution in [1.82, 2.24) is 14.8 Å². The summed E-state index contributed by atoms with van der Waals surface area (Å²) in [7, 11) is 1.68. The van der Waals surface area contributed by atoms with E-state index in [1.807, 2.05) is 29.1 Å². The van der Waals surface area contributed by atoms with Crippen LogP contribution in [0.5, 0.6) is 5.75 Å². The number of methoxy groups -OCH3 is 1. The summed E-state index contributed by atoms with van der Waals surface area (Å²) in [6.45, 7) is 0.523. The van der Waals surface area contributed by atoms with Crippen LogP contribution in [0.25, 0.3) is 22.5 Å². The van der Waals surface area contributed by atoms with Gasteiger partial charge >= 0.3 is 0 Å². The second kappa shape index (κ2) is 6.09. The van der Waals surface area contributed by atoms with Gasteiger partial charge in [-0.05, 0) is 42.7 Å². The fraction of sp³-hybridized carbons (Fsp3) is 0.263. The van der Waals surface area contributed by atoms with Crippen LogP contribution in [0.3, 0.4) is 0 Å². The molecule has 0 saturated heterocycles. The van der Waals surface area contributed by atoms with Gasteiger partial charge in [-0.2, -0.15) is 5.10 Å². The van der Waals surface area contributed by atoms with Crippen LogP contribution < -0.4 is 4.74 Å². The normalized spacial score (nSPS) is 12.6. The van der Waals surface area contributed by atoms with Crippen molar-refractivity contribution in [3.05, 3.63) is 53.9 Å². The maximum atomic E-state index is 9.43. The maximum absolute atomic E-state index is 9.43. The number of aryl methyl sites for hydroxylation is 1. The van der Waals surface area contributed by atoms with Crippen LogP contribution in [-0.4, -0.2) is 33.6 Å². The lowest BCUT2D eigenvalue weighted by atomic mass is 9.88. The Morgan fingerprint density at radius 3 is 2.92 bits per heavy atom. The van der Waals surface area contributed by atoms with Crippen molar-refractivity contribution in [3.8, 4) is 28.3 Å². The molecule has 2 aromatic heterocycles. The van der Waals surface area contributed by atoms with E-state index in [4.69, 9.17) is 9.84 Å². The number of nitrogens with zero attached hydrogens (tertiary/aromatic N) is 3. The molecule has 0 spiro atoms. The lowest BCUT2D eigenvalue weighted by Gasteiger charge is -2.17. The first kappa shape index (κ1) is 14.9. The van der Waals surface area contributed by atoms with Gasteiger partial charge in [0.2, 0.25) is 0 Å². The van der Waals surface area contributed by atoms with Crippen LogP contribution in [0, 0.1) is 0 Å². The minimum atomic E-state index is 0.0544. The highest BCUT2D eigenvalue weighted by molar-refractivity contribution is 5.78. The largest absolute Gasteiger partial charge is 0.497 e. The van der Waals surface area contributed by atoms with E-state index in [1.54, 1.807) is 13.3 Å². The van der Waals surface area contributed by atoms with Crippen LogP contribution in [0.15, 0.2) is 42.7 Å². The summed E-state index contributed by atoms with van der Waals surface area (Å²) >= 11 is 0. The molecule has 0 bridgehead atoms. The minimum Gasteiger partial charge on any atom is -0.497 e. The first-order valence-electron chi connectivity index (χ1n) is 8.10. The number of aliphatic hydroxyl groups excluding tert-OH is 1. The molecule has 1 aliphatic rings. The second-order valence-electron chi connectivity index (χ2n) is 5.89.